The minimum absolute atomic E-state index is 0.0110. The molecule has 40 heteroatoms. The van der Waals surface area contributed by atoms with E-state index in [1.165, 1.54) is 54.6 Å². The Morgan fingerprint density at radius 1 is 0.784 bits per heavy atom. The molecule has 5 amide bonds. The van der Waals surface area contributed by atoms with E-state index in [9.17, 15) is 29.8 Å². The molecule has 0 aliphatic carbocycles. The van der Waals surface area contributed by atoms with Crippen molar-refractivity contribution >= 4 is 115 Å². The summed E-state index contributed by atoms with van der Waals surface area (Å²) in [5, 5.41) is 61.1. The van der Waals surface area contributed by atoms with Gasteiger partial charge in [0, 0.05) is 109 Å². The maximum Gasteiger partial charge on any atom is 0.358 e. The Morgan fingerprint density at radius 3 is 2.20 bits per heavy atom. The molecule has 111 heavy (non-hydrogen) atoms. The van der Waals surface area contributed by atoms with Crippen molar-refractivity contribution in [1.29, 1.82) is 0 Å². The third-order valence-electron chi connectivity index (χ3n) is 20.3. The van der Waals surface area contributed by atoms with Crippen LogP contribution < -0.4 is 31.9 Å². The van der Waals surface area contributed by atoms with Crippen LogP contribution in [0.15, 0.2) is 56.9 Å². The largest absolute Gasteiger partial charge is 0.506 e. The summed E-state index contributed by atoms with van der Waals surface area (Å²) >= 11 is 4.81. The number of morpholine rings is 2. The van der Waals surface area contributed by atoms with Gasteiger partial charge < -0.3 is 90.0 Å². The number of aliphatic hydroxyl groups excluding tert-OH is 1. The second-order valence-electron chi connectivity index (χ2n) is 27.6. The highest BCUT2D eigenvalue weighted by Gasteiger charge is 2.57. The Balaban J connectivity index is 0.834. The van der Waals surface area contributed by atoms with E-state index in [0.29, 0.717) is 62.9 Å². The Bertz CT molecular complexity index is 4890. The third kappa shape index (κ3) is 16.1. The molecule has 7 aromatic heterocycles. The minimum atomic E-state index is -1.86. The molecule has 0 saturated carbocycles. The number of carbonyl (C=O) groups excluding carboxylic acids is 7. The Labute approximate surface area is 653 Å². The predicted molar refractivity (Wildman–Crippen MR) is 401 cm³/mol. The molecule has 11 unspecified atom stereocenters. The maximum atomic E-state index is 15.5. The lowest BCUT2D eigenvalue weighted by molar-refractivity contribution is -0.269. The first kappa shape index (κ1) is 77.4. The van der Waals surface area contributed by atoms with Gasteiger partial charge in [-0.15, -0.1) is 56.7 Å². The zero-order chi connectivity index (χ0) is 77.5. The molecule has 588 valence electrons. The number of fused-ring (bicyclic) bond motifs is 16. The predicted octanol–water partition coefficient (Wildman–Crippen LogP) is 3.88. The molecule has 11 atom stereocenters. The molecule has 14 heterocycles. The van der Waals surface area contributed by atoms with E-state index >= 15 is 19.2 Å². The molecule has 7 aliphatic rings. The number of aromatic nitrogens is 7. The number of methoxy groups -OCH3 is 1. The van der Waals surface area contributed by atoms with Crippen LogP contribution in [0.25, 0.3) is 49.3 Å². The van der Waals surface area contributed by atoms with Crippen molar-refractivity contribution in [2.45, 2.75) is 114 Å². The topological polar surface area (TPSA) is 427 Å². The van der Waals surface area contributed by atoms with Gasteiger partial charge in [0.25, 0.3) is 23.6 Å². The number of benzene rings is 1. The number of hydrogen-bond acceptors (Lipinski definition) is 34. The summed E-state index contributed by atoms with van der Waals surface area (Å²) in [6.07, 6.45) is -7.31. The molecule has 7 aliphatic heterocycles. The van der Waals surface area contributed by atoms with Crippen LogP contribution in [0.4, 0.5) is 0 Å². The van der Waals surface area contributed by atoms with E-state index in [0.717, 1.165) is 89.4 Å². The number of cyclic esters (lactones) is 2. The summed E-state index contributed by atoms with van der Waals surface area (Å²) in [7, 11) is 3.29. The molecule has 1 aromatic carbocycles. The summed E-state index contributed by atoms with van der Waals surface area (Å²) in [6.45, 7) is 13.5. The van der Waals surface area contributed by atoms with Crippen LogP contribution in [0.5, 0.6) is 5.75 Å². The Kier molecular flexibility index (Phi) is 23.0. The fourth-order valence-corrected chi connectivity index (χ4v) is 18.8. The second kappa shape index (κ2) is 33.0. The summed E-state index contributed by atoms with van der Waals surface area (Å²) in [5.74, 6) is -6.50. The molecule has 0 radical (unpaired) electrons. The number of aliphatic hydroxyl groups is 1. The van der Waals surface area contributed by atoms with Crippen LogP contribution in [-0.4, -0.2) is 267 Å². The average Bonchev–Trinajstić information content (AvgIpc) is 1.61. The second-order valence-corrected chi connectivity index (χ2v) is 32.0. The van der Waals surface area contributed by atoms with Crippen molar-refractivity contribution < 1.29 is 91.6 Å². The van der Waals surface area contributed by atoms with Crippen molar-refractivity contribution in [3.63, 3.8) is 0 Å². The van der Waals surface area contributed by atoms with Crippen molar-refractivity contribution in [3.8, 4) is 38.4 Å². The highest BCUT2D eigenvalue weighted by atomic mass is 32.1. The highest BCUT2D eigenvalue weighted by Crippen LogP contribution is 2.45. The summed E-state index contributed by atoms with van der Waals surface area (Å²) in [5.41, 5.74) is -1.41. The lowest BCUT2D eigenvalue weighted by Gasteiger charge is -2.45. The number of likely N-dealkylation sites (N-methyl/N-ethyl adjacent to an activating group) is 1. The van der Waals surface area contributed by atoms with Crippen LogP contribution >= 0.6 is 56.7 Å². The molecule has 0 spiro atoms. The first-order chi connectivity index (χ1) is 53.6. The number of amides is 5. The zero-order valence-electron chi connectivity index (χ0n) is 60.9. The fraction of sp³-hybridized carbons (Fsp3) is 0.479. The number of hydrogen-bond donors (Lipinski definition) is 9. The van der Waals surface area contributed by atoms with Gasteiger partial charge in [0.1, 0.15) is 126 Å². The molecule has 4 saturated heterocycles. The number of rotatable bonds is 14. The smallest absolute Gasteiger partial charge is 0.358 e. The van der Waals surface area contributed by atoms with Crippen LogP contribution in [0.3, 0.4) is 0 Å². The van der Waals surface area contributed by atoms with E-state index in [1.807, 2.05) is 20.9 Å². The molecule has 35 nitrogen and oxygen atoms in total. The SMILES string of the molecule is CO/C(C)=C1/NC(=O)C(C(C)O)NC(=O)c2csc(n2)-c2cc(O)c(-c3nc(C(=O)NCCN4CCOCC4)cs3)nc2-c2csc(n2)C2COC(=O)c3c4c5c(cccc5n3O)COC(=O)C(OC3CC5(C)OC(CNCCN6CCOCC6)N(C)C5C(C)O3)C(OC4)C(NC(=O)c3csc1n3)c1nc(cs1)C(=O)N2. The third-order valence-corrected chi connectivity index (χ3v) is 24.8. The Morgan fingerprint density at radius 2 is 1.45 bits per heavy atom. The summed E-state index contributed by atoms with van der Waals surface area (Å²) in [6, 6.07) is 1.21. The normalized spacial score (nSPS) is 26.0. The summed E-state index contributed by atoms with van der Waals surface area (Å²) in [4.78, 5) is 139. The standard InChI is InChI=1S/C71H80N16O19S5/c1-33(88)50-63(94)82-51(34(2)98-6)66-78-44(32-109-66)62(93)83-54-56-57(105-48-23-71(4)58(35(3)104-48)84(5)47(106-71)24-72-10-12-85-14-18-99-19-15-85)70(96)102-25-36-8-7-9-45-49(36)38(26-101-56)55(87(45)97)69(95)103-27-39(74-60(91)42-31-111-68(54)79-42)65-75-40(28-108-65)52-37(64-76-43(30-107-64)61(92)81-50)22-46(89)53(80-52)67-77-41(29-110-67)59(90)73-11-13-86-16-20-100-21-17-86/h7-9,22,28-33,35,39,47-48,50,54,56-58,72,88-89,97H,10-21,23-27H2,1-6H3,(H,73,90)(H,74,91)(H,81,92)(H,82,94)(H,83,93)/b51-34+. The highest BCUT2D eigenvalue weighted by molar-refractivity contribution is 7.14. The number of nitrogens with one attached hydrogen (secondary N) is 6. The number of ether oxygens (including phenoxy) is 9. The van der Waals surface area contributed by atoms with E-state index in [4.69, 9.17) is 57.6 Å². The van der Waals surface area contributed by atoms with Gasteiger partial charge in [-0.1, -0.05) is 12.1 Å². The number of nitrogens with zero attached hydrogens (tertiary/aromatic N) is 10. The summed E-state index contributed by atoms with van der Waals surface area (Å²) < 4.78 is 57.4. The van der Waals surface area contributed by atoms with Gasteiger partial charge in [-0.25, -0.2) is 39.5 Å². The van der Waals surface area contributed by atoms with Crippen molar-refractivity contribution in [3.05, 3.63) is 112 Å². The maximum absolute atomic E-state index is 15.5. The first-order valence-corrected chi connectivity index (χ1v) is 40.3. The van der Waals surface area contributed by atoms with Crippen LogP contribution in [0, 0.1) is 0 Å². The molecule has 15 rings (SSSR count). The van der Waals surface area contributed by atoms with Crippen molar-refractivity contribution in [1.82, 2.24) is 81.2 Å². The quantitative estimate of drug-likeness (QED) is 0.0323. The number of allylic oxidation sites excluding steroid dienone is 1. The van der Waals surface area contributed by atoms with E-state index < -0.39 is 133 Å². The number of aromatic hydroxyl groups is 1. The van der Waals surface area contributed by atoms with E-state index in [1.54, 1.807) is 17.5 Å². The monoisotopic (exact) mass is 1620 g/mol. The van der Waals surface area contributed by atoms with E-state index in [2.05, 4.69) is 61.6 Å². The van der Waals surface area contributed by atoms with Gasteiger partial charge in [-0.05, 0) is 52.4 Å². The molecular weight excluding hydrogens is 1540 g/mol. The lowest BCUT2D eigenvalue weighted by atomic mass is 9.86. The molecule has 12 bridgehead atoms. The molecule has 9 N–H and O–H groups in total. The minimum Gasteiger partial charge on any atom is -0.506 e. The molecule has 8 aromatic rings. The van der Waals surface area contributed by atoms with E-state index in [-0.39, 0.29) is 111 Å². The fourth-order valence-electron chi connectivity index (χ4n) is 14.6. The number of thiazole rings is 5. The number of pyridine rings is 1. The van der Waals surface area contributed by atoms with Crippen molar-refractivity contribution in [2.75, 3.05) is 106 Å². The van der Waals surface area contributed by atoms with Crippen molar-refractivity contribution in [2.24, 2.45) is 0 Å². The van der Waals surface area contributed by atoms with Gasteiger partial charge >= 0.3 is 11.9 Å². The van der Waals surface area contributed by atoms with Gasteiger partial charge in [0.05, 0.1) is 69.5 Å². The first-order valence-electron chi connectivity index (χ1n) is 35.9. The average molecular weight is 1620 g/mol. The number of carbonyl (C=O) groups is 7. The molecular formula is C71H80N16O19S5. The number of esters is 2. The Hall–Kier alpha value is -8.95. The lowest BCUT2D eigenvalue weighted by Crippen LogP contribution is -2.59. The zero-order valence-corrected chi connectivity index (χ0v) is 65.0. The van der Waals surface area contributed by atoms with Gasteiger partial charge in [-0.3, -0.25) is 38.7 Å². The molecule has 4 fully saturated rings. The van der Waals surface area contributed by atoms with Gasteiger partial charge in [-0.2, -0.15) is 4.73 Å². The van der Waals surface area contributed by atoms with Crippen LogP contribution in [0.2, 0.25) is 0 Å². The van der Waals surface area contributed by atoms with Crippen LogP contribution in [0.1, 0.15) is 125 Å². The van der Waals surface area contributed by atoms with Crippen LogP contribution in [-0.2, 0) is 65.4 Å². The van der Waals surface area contributed by atoms with Gasteiger partial charge in [0.2, 0.25) is 5.91 Å². The van der Waals surface area contributed by atoms with Gasteiger partial charge in [0.15, 0.2) is 18.1 Å².